The zero-order chi connectivity index (χ0) is 15.5. The summed E-state index contributed by atoms with van der Waals surface area (Å²) in [5, 5.41) is 1.34. The van der Waals surface area contributed by atoms with Crippen molar-refractivity contribution in [3.8, 4) is 0 Å². The molecule has 0 aliphatic carbocycles. The van der Waals surface area contributed by atoms with E-state index in [0.717, 1.165) is 29.7 Å². The molecular weight excluding hydrogens is 296 g/mol. The van der Waals surface area contributed by atoms with Gasteiger partial charge in [-0.3, -0.25) is 4.79 Å². The minimum absolute atomic E-state index is 0.0697. The third-order valence-corrected chi connectivity index (χ3v) is 4.00. The van der Waals surface area contributed by atoms with Gasteiger partial charge < -0.3 is 4.42 Å². The van der Waals surface area contributed by atoms with Crippen LogP contribution in [-0.4, -0.2) is 0 Å². The van der Waals surface area contributed by atoms with Gasteiger partial charge >= 0.3 is 0 Å². The number of halogens is 1. The number of rotatable bonds is 4. The van der Waals surface area contributed by atoms with Crippen molar-refractivity contribution >= 4 is 22.6 Å². The van der Waals surface area contributed by atoms with E-state index in [0.29, 0.717) is 22.4 Å². The Morgan fingerprint density at radius 3 is 2.50 bits per heavy atom. The van der Waals surface area contributed by atoms with Crippen molar-refractivity contribution in [1.29, 1.82) is 0 Å². The van der Waals surface area contributed by atoms with Gasteiger partial charge in [0.15, 0.2) is 5.43 Å². The van der Waals surface area contributed by atoms with Gasteiger partial charge in [-0.15, -0.1) is 0 Å². The molecule has 2 nitrogen and oxygen atoms in total. The molecule has 112 valence electrons. The molecule has 0 aliphatic heterocycles. The Morgan fingerprint density at radius 1 is 1.05 bits per heavy atom. The second-order valence-corrected chi connectivity index (χ2v) is 5.82. The highest BCUT2D eigenvalue weighted by Gasteiger charge is 2.14. The second kappa shape index (κ2) is 6.37. The molecule has 0 atom stereocenters. The first-order valence-electron chi connectivity index (χ1n) is 7.47. The maximum atomic E-state index is 12.8. The molecular formula is C19H17ClO2. The third kappa shape index (κ3) is 2.93. The van der Waals surface area contributed by atoms with Crippen molar-refractivity contribution in [3.05, 3.63) is 80.7 Å². The fourth-order valence-electron chi connectivity index (χ4n) is 2.64. The van der Waals surface area contributed by atoms with E-state index in [1.165, 1.54) is 0 Å². The molecule has 0 spiro atoms. The first kappa shape index (κ1) is 14.9. The summed E-state index contributed by atoms with van der Waals surface area (Å²) in [5.74, 6) is 0.793. The highest BCUT2D eigenvalue weighted by atomic mass is 35.5. The van der Waals surface area contributed by atoms with Crippen LogP contribution in [0.3, 0.4) is 0 Å². The van der Waals surface area contributed by atoms with E-state index in [2.05, 4.69) is 6.92 Å². The van der Waals surface area contributed by atoms with Gasteiger partial charge in [-0.25, -0.2) is 0 Å². The Balaban J connectivity index is 2.13. The molecule has 0 amide bonds. The van der Waals surface area contributed by atoms with Gasteiger partial charge in [0, 0.05) is 23.4 Å². The third-order valence-electron chi connectivity index (χ3n) is 3.75. The number of aryl methyl sites for hydroxylation is 1. The van der Waals surface area contributed by atoms with Crippen molar-refractivity contribution in [3.63, 3.8) is 0 Å². The molecule has 3 heteroatoms. The second-order valence-electron chi connectivity index (χ2n) is 5.38. The van der Waals surface area contributed by atoms with Gasteiger partial charge in [0.25, 0.3) is 0 Å². The molecule has 1 heterocycles. The highest BCUT2D eigenvalue weighted by Crippen LogP contribution is 2.20. The number of para-hydroxylation sites is 1. The van der Waals surface area contributed by atoms with E-state index in [1.807, 2.05) is 48.5 Å². The van der Waals surface area contributed by atoms with Gasteiger partial charge in [0.05, 0.1) is 5.39 Å². The largest absolute Gasteiger partial charge is 0.461 e. The standard InChI is InChI=1S/C19H17ClO2/c1-2-5-17-16(12-13-8-10-14(20)11-9-13)19(21)15-6-3-4-7-18(15)22-17/h3-4,6-11H,2,5,12H2,1H3. The fourth-order valence-corrected chi connectivity index (χ4v) is 2.77. The average molecular weight is 313 g/mol. The van der Waals surface area contributed by atoms with Gasteiger partial charge in [0.2, 0.25) is 0 Å². The van der Waals surface area contributed by atoms with E-state index in [-0.39, 0.29) is 5.43 Å². The monoisotopic (exact) mass is 312 g/mol. The lowest BCUT2D eigenvalue weighted by Gasteiger charge is -2.09. The summed E-state index contributed by atoms with van der Waals surface area (Å²) < 4.78 is 5.98. The summed E-state index contributed by atoms with van der Waals surface area (Å²) in [5.41, 5.74) is 2.54. The molecule has 3 aromatic rings. The zero-order valence-corrected chi connectivity index (χ0v) is 13.2. The van der Waals surface area contributed by atoms with Gasteiger partial charge in [0.1, 0.15) is 11.3 Å². The number of hydrogen-bond donors (Lipinski definition) is 0. The van der Waals surface area contributed by atoms with Crippen LogP contribution in [0.2, 0.25) is 5.02 Å². The minimum atomic E-state index is 0.0697. The fraction of sp³-hybridized carbons (Fsp3) is 0.211. The number of hydrogen-bond acceptors (Lipinski definition) is 2. The molecule has 0 fully saturated rings. The van der Waals surface area contributed by atoms with Crippen LogP contribution in [0.4, 0.5) is 0 Å². The SMILES string of the molecule is CCCc1oc2ccccc2c(=O)c1Cc1ccc(Cl)cc1. The van der Waals surface area contributed by atoms with Crippen LogP contribution in [0.25, 0.3) is 11.0 Å². The number of fused-ring (bicyclic) bond motifs is 1. The summed E-state index contributed by atoms with van der Waals surface area (Å²) in [7, 11) is 0. The van der Waals surface area contributed by atoms with Crippen molar-refractivity contribution < 1.29 is 4.42 Å². The molecule has 1 aromatic heterocycles. The lowest BCUT2D eigenvalue weighted by molar-refractivity contribution is 0.523. The van der Waals surface area contributed by atoms with Crippen LogP contribution < -0.4 is 5.43 Å². The van der Waals surface area contributed by atoms with Crippen molar-refractivity contribution in [2.45, 2.75) is 26.2 Å². The molecule has 22 heavy (non-hydrogen) atoms. The Hall–Kier alpha value is -2.06. The Kier molecular flexibility index (Phi) is 4.30. The molecule has 0 saturated heterocycles. The van der Waals surface area contributed by atoms with Crippen LogP contribution in [0.1, 0.15) is 30.2 Å². The van der Waals surface area contributed by atoms with Crippen LogP contribution in [0.15, 0.2) is 57.7 Å². The quantitative estimate of drug-likeness (QED) is 0.679. The lowest BCUT2D eigenvalue weighted by Crippen LogP contribution is -2.13. The van der Waals surface area contributed by atoms with Gasteiger partial charge in [-0.1, -0.05) is 42.8 Å². The Labute approximate surface area is 134 Å². The molecule has 0 saturated carbocycles. The van der Waals surface area contributed by atoms with E-state index < -0.39 is 0 Å². The van der Waals surface area contributed by atoms with Crippen LogP contribution >= 0.6 is 11.6 Å². The van der Waals surface area contributed by atoms with E-state index in [9.17, 15) is 4.79 Å². The first-order valence-corrected chi connectivity index (χ1v) is 7.85. The molecule has 0 aliphatic rings. The molecule has 3 rings (SSSR count). The zero-order valence-electron chi connectivity index (χ0n) is 12.4. The van der Waals surface area contributed by atoms with Crippen molar-refractivity contribution in [2.24, 2.45) is 0 Å². The van der Waals surface area contributed by atoms with E-state index in [1.54, 1.807) is 0 Å². The smallest absolute Gasteiger partial charge is 0.196 e. The summed E-state index contributed by atoms with van der Waals surface area (Å²) in [6, 6.07) is 15.0. The van der Waals surface area contributed by atoms with E-state index in [4.69, 9.17) is 16.0 Å². The topological polar surface area (TPSA) is 30.2 Å². The van der Waals surface area contributed by atoms with Gasteiger partial charge in [-0.2, -0.15) is 0 Å². The maximum Gasteiger partial charge on any atom is 0.196 e. The normalized spacial score (nSPS) is 11.0. The molecule has 2 aromatic carbocycles. The molecule has 0 unspecified atom stereocenters. The summed E-state index contributed by atoms with van der Waals surface area (Å²) in [4.78, 5) is 12.8. The summed E-state index contributed by atoms with van der Waals surface area (Å²) in [6.45, 7) is 2.08. The van der Waals surface area contributed by atoms with Crippen LogP contribution in [0.5, 0.6) is 0 Å². The van der Waals surface area contributed by atoms with Gasteiger partial charge in [-0.05, 0) is 36.2 Å². The lowest BCUT2D eigenvalue weighted by atomic mass is 10.00. The molecule has 0 radical (unpaired) electrons. The van der Waals surface area contributed by atoms with Crippen molar-refractivity contribution in [1.82, 2.24) is 0 Å². The predicted molar refractivity (Wildman–Crippen MR) is 90.7 cm³/mol. The Morgan fingerprint density at radius 2 is 1.77 bits per heavy atom. The molecule has 0 bridgehead atoms. The minimum Gasteiger partial charge on any atom is -0.461 e. The first-order chi connectivity index (χ1) is 10.7. The van der Waals surface area contributed by atoms with Crippen molar-refractivity contribution in [2.75, 3.05) is 0 Å². The summed E-state index contributed by atoms with van der Waals surface area (Å²) >= 11 is 5.92. The predicted octanol–water partition coefficient (Wildman–Crippen LogP) is 4.99. The van der Waals surface area contributed by atoms with E-state index >= 15 is 0 Å². The Bertz CT molecular complexity index is 847. The highest BCUT2D eigenvalue weighted by molar-refractivity contribution is 6.30. The molecule has 0 N–H and O–H groups in total. The number of benzene rings is 2. The van der Waals surface area contributed by atoms with Crippen LogP contribution in [-0.2, 0) is 12.8 Å². The average Bonchev–Trinajstić information content (AvgIpc) is 2.53. The van der Waals surface area contributed by atoms with Crippen LogP contribution in [0, 0.1) is 0 Å². The summed E-state index contributed by atoms with van der Waals surface area (Å²) in [6.07, 6.45) is 2.28. The maximum absolute atomic E-state index is 12.8.